The lowest BCUT2D eigenvalue weighted by atomic mass is 10.0. The van der Waals surface area contributed by atoms with Gasteiger partial charge in [-0.25, -0.2) is 4.79 Å². The maximum Gasteiger partial charge on any atom is 0.408 e. The van der Waals surface area contributed by atoms with E-state index >= 15 is 0 Å². The smallest absolute Gasteiger partial charge is 0.408 e. The first-order chi connectivity index (χ1) is 12.1. The van der Waals surface area contributed by atoms with Gasteiger partial charge in [0.1, 0.15) is 18.9 Å². The van der Waals surface area contributed by atoms with Gasteiger partial charge in [-0.2, -0.15) is 0 Å². The molecule has 0 aromatic heterocycles. The number of amides is 2. The van der Waals surface area contributed by atoms with Crippen LogP contribution < -0.4 is 5.32 Å². The molecule has 1 N–H and O–H groups in total. The summed E-state index contributed by atoms with van der Waals surface area (Å²) in [6.45, 7) is 4.94. The lowest BCUT2D eigenvalue weighted by Crippen LogP contribution is -2.52. The molecule has 25 heavy (non-hydrogen) atoms. The van der Waals surface area contributed by atoms with Gasteiger partial charge in [-0.15, -0.1) is 0 Å². The number of carbonyl (C=O) groups excluding carboxylic acids is 2. The van der Waals surface area contributed by atoms with Crippen LogP contribution in [0.2, 0.25) is 0 Å². The summed E-state index contributed by atoms with van der Waals surface area (Å²) in [5.74, 6) is 0.257. The Balaban J connectivity index is 1.59. The largest absolute Gasteiger partial charge is 0.445 e. The molecule has 2 fully saturated rings. The summed E-state index contributed by atoms with van der Waals surface area (Å²) in [5, 5.41) is 2.74. The van der Waals surface area contributed by atoms with Crippen LogP contribution in [0.15, 0.2) is 30.3 Å². The van der Waals surface area contributed by atoms with Gasteiger partial charge in [-0.3, -0.25) is 4.79 Å². The van der Waals surface area contributed by atoms with Crippen LogP contribution in [-0.2, 0) is 20.9 Å². The fourth-order valence-corrected chi connectivity index (χ4v) is 3.47. The summed E-state index contributed by atoms with van der Waals surface area (Å²) in [5.41, 5.74) is 0.915. The van der Waals surface area contributed by atoms with Gasteiger partial charge in [-0.05, 0) is 30.7 Å². The number of fused-ring (bicyclic) bond motifs is 1. The normalized spacial score (nSPS) is 26.3. The molecule has 2 heterocycles. The molecule has 6 nitrogen and oxygen atoms in total. The Bertz CT molecular complexity index is 605. The molecular weight excluding hydrogens is 320 g/mol. The molecule has 1 aromatic rings. The molecule has 6 heteroatoms. The molecule has 2 aliphatic heterocycles. The fraction of sp³-hybridized carbons (Fsp3) is 0.579. The van der Waals surface area contributed by atoms with Crippen molar-refractivity contribution in [1.82, 2.24) is 10.2 Å². The number of nitrogens with zero attached hydrogens (tertiary/aromatic N) is 1. The fourth-order valence-electron chi connectivity index (χ4n) is 3.47. The SMILES string of the molecule is CC(C)[C@H]1CO[C@@H]2CCC[C@H](NC(=O)OCc3ccccc3)C(=O)N12. The second-order valence-corrected chi connectivity index (χ2v) is 7.03. The topological polar surface area (TPSA) is 67.9 Å². The molecule has 2 aliphatic rings. The van der Waals surface area contributed by atoms with E-state index in [0.29, 0.717) is 18.9 Å². The van der Waals surface area contributed by atoms with E-state index in [-0.39, 0.29) is 24.8 Å². The Labute approximate surface area is 148 Å². The van der Waals surface area contributed by atoms with Crippen LogP contribution in [0.25, 0.3) is 0 Å². The lowest BCUT2D eigenvalue weighted by Gasteiger charge is -2.31. The highest BCUT2D eigenvalue weighted by Crippen LogP contribution is 2.30. The number of carbonyl (C=O) groups is 2. The second kappa shape index (κ2) is 7.87. The third-order valence-electron chi connectivity index (χ3n) is 4.90. The molecule has 0 unspecified atom stereocenters. The van der Waals surface area contributed by atoms with Crippen molar-refractivity contribution in [3.05, 3.63) is 35.9 Å². The Hall–Kier alpha value is -2.08. The number of hydrogen-bond donors (Lipinski definition) is 1. The van der Waals surface area contributed by atoms with Gasteiger partial charge in [0.2, 0.25) is 5.91 Å². The van der Waals surface area contributed by atoms with Crippen LogP contribution in [0.1, 0.15) is 38.7 Å². The summed E-state index contributed by atoms with van der Waals surface area (Å²) in [4.78, 5) is 26.9. The monoisotopic (exact) mass is 346 g/mol. The Morgan fingerprint density at radius 2 is 2.08 bits per heavy atom. The Kier molecular flexibility index (Phi) is 5.58. The van der Waals surface area contributed by atoms with Crippen LogP contribution in [0.4, 0.5) is 4.79 Å². The number of benzene rings is 1. The summed E-state index contributed by atoms with van der Waals surface area (Å²) in [6, 6.07) is 9.01. The van der Waals surface area contributed by atoms with Gasteiger partial charge in [0, 0.05) is 0 Å². The second-order valence-electron chi connectivity index (χ2n) is 7.03. The molecule has 0 spiro atoms. The molecule has 3 rings (SSSR count). The number of rotatable bonds is 4. The first-order valence-corrected chi connectivity index (χ1v) is 8.97. The predicted molar refractivity (Wildman–Crippen MR) is 92.6 cm³/mol. The minimum absolute atomic E-state index is 0.0599. The van der Waals surface area contributed by atoms with Crippen molar-refractivity contribution in [2.75, 3.05) is 6.61 Å². The molecule has 0 saturated carbocycles. The zero-order chi connectivity index (χ0) is 17.8. The van der Waals surface area contributed by atoms with Gasteiger partial charge < -0.3 is 19.7 Å². The highest BCUT2D eigenvalue weighted by Gasteiger charge is 2.43. The number of nitrogens with one attached hydrogen (secondary N) is 1. The highest BCUT2D eigenvalue weighted by molar-refractivity contribution is 5.86. The summed E-state index contributed by atoms with van der Waals surface area (Å²) in [7, 11) is 0. The Morgan fingerprint density at radius 3 is 2.80 bits per heavy atom. The number of alkyl carbamates (subject to hydrolysis) is 1. The molecule has 1 aromatic carbocycles. The molecule has 0 aliphatic carbocycles. The van der Waals surface area contributed by atoms with E-state index in [2.05, 4.69) is 19.2 Å². The van der Waals surface area contributed by atoms with E-state index in [0.717, 1.165) is 18.4 Å². The van der Waals surface area contributed by atoms with Crippen molar-refractivity contribution in [3.8, 4) is 0 Å². The molecular formula is C19H26N2O4. The highest BCUT2D eigenvalue weighted by atomic mass is 16.5. The van der Waals surface area contributed by atoms with Gasteiger partial charge in [0.15, 0.2) is 0 Å². The third kappa shape index (κ3) is 4.12. The van der Waals surface area contributed by atoms with E-state index in [9.17, 15) is 9.59 Å². The van der Waals surface area contributed by atoms with E-state index in [1.54, 1.807) is 0 Å². The summed E-state index contributed by atoms with van der Waals surface area (Å²) < 4.78 is 11.1. The minimum atomic E-state index is -0.554. The standard InChI is InChI=1S/C19H26N2O4/c1-13(2)16-12-24-17-10-6-9-15(18(22)21(16)17)20-19(23)25-11-14-7-4-3-5-8-14/h3-5,7-8,13,15-17H,6,9-12H2,1-2H3,(H,20,23)/t15-,16+,17+/m0/s1. The molecule has 2 saturated heterocycles. The van der Waals surface area contributed by atoms with Crippen molar-refractivity contribution < 1.29 is 19.1 Å². The van der Waals surface area contributed by atoms with E-state index in [4.69, 9.17) is 9.47 Å². The first kappa shape index (κ1) is 17.7. The van der Waals surface area contributed by atoms with Gasteiger partial charge in [0.25, 0.3) is 0 Å². The third-order valence-corrected chi connectivity index (χ3v) is 4.90. The van der Waals surface area contributed by atoms with E-state index in [1.807, 2.05) is 35.2 Å². The average Bonchev–Trinajstić information content (AvgIpc) is 2.97. The van der Waals surface area contributed by atoms with Gasteiger partial charge >= 0.3 is 6.09 Å². The van der Waals surface area contributed by atoms with Crippen LogP contribution in [0.5, 0.6) is 0 Å². The maximum atomic E-state index is 12.9. The lowest BCUT2D eigenvalue weighted by molar-refractivity contribution is -0.139. The molecule has 0 radical (unpaired) electrons. The van der Waals surface area contributed by atoms with Crippen molar-refractivity contribution in [2.45, 2.75) is 58.0 Å². The minimum Gasteiger partial charge on any atom is -0.445 e. The van der Waals surface area contributed by atoms with Crippen LogP contribution in [0.3, 0.4) is 0 Å². The molecule has 3 atom stereocenters. The van der Waals surface area contributed by atoms with Crippen molar-refractivity contribution in [1.29, 1.82) is 0 Å². The van der Waals surface area contributed by atoms with E-state index < -0.39 is 12.1 Å². The zero-order valence-electron chi connectivity index (χ0n) is 14.8. The van der Waals surface area contributed by atoms with Crippen LogP contribution in [0, 0.1) is 5.92 Å². The number of ether oxygens (including phenoxy) is 2. The molecule has 0 bridgehead atoms. The quantitative estimate of drug-likeness (QED) is 0.910. The van der Waals surface area contributed by atoms with Crippen LogP contribution in [-0.4, -0.2) is 41.8 Å². The molecule has 136 valence electrons. The average molecular weight is 346 g/mol. The van der Waals surface area contributed by atoms with Crippen molar-refractivity contribution in [3.63, 3.8) is 0 Å². The van der Waals surface area contributed by atoms with Crippen molar-refractivity contribution >= 4 is 12.0 Å². The maximum absolute atomic E-state index is 12.9. The van der Waals surface area contributed by atoms with Gasteiger partial charge in [0.05, 0.1) is 12.6 Å². The summed E-state index contributed by atoms with van der Waals surface area (Å²) >= 11 is 0. The van der Waals surface area contributed by atoms with E-state index in [1.165, 1.54) is 0 Å². The summed E-state index contributed by atoms with van der Waals surface area (Å²) in [6.07, 6.45) is 1.54. The van der Waals surface area contributed by atoms with Gasteiger partial charge in [-0.1, -0.05) is 44.2 Å². The first-order valence-electron chi connectivity index (χ1n) is 8.97. The predicted octanol–water partition coefficient (Wildman–Crippen LogP) is 2.67. The van der Waals surface area contributed by atoms with Crippen LogP contribution >= 0.6 is 0 Å². The Morgan fingerprint density at radius 1 is 1.32 bits per heavy atom. The molecule has 2 amide bonds. The van der Waals surface area contributed by atoms with Crippen molar-refractivity contribution in [2.24, 2.45) is 5.92 Å². The number of hydrogen-bond acceptors (Lipinski definition) is 4. The zero-order valence-corrected chi connectivity index (χ0v) is 14.8.